The normalized spacial score (nSPS) is 24.5. The topological polar surface area (TPSA) is 191 Å². The number of rotatable bonds is 13. The number of carbonyl (C=O) groups excluding carboxylic acids is 4. The molecule has 0 bridgehead atoms. The van der Waals surface area contributed by atoms with Gasteiger partial charge in [-0.1, -0.05) is 33.1 Å². The summed E-state index contributed by atoms with van der Waals surface area (Å²) in [6, 6.07) is -2.85. The van der Waals surface area contributed by atoms with Gasteiger partial charge in [-0.25, -0.2) is 4.79 Å². The number of nitrogens with one attached hydrogen (secondary N) is 3. The van der Waals surface area contributed by atoms with E-state index in [9.17, 15) is 37.3 Å². The van der Waals surface area contributed by atoms with Crippen LogP contribution < -0.4 is 16.0 Å². The van der Waals surface area contributed by atoms with Crippen molar-refractivity contribution < 1.29 is 42.0 Å². The Hall–Kier alpha value is -2.45. The van der Waals surface area contributed by atoms with Crippen LogP contribution in [0.5, 0.6) is 0 Å². The first-order valence-corrected chi connectivity index (χ1v) is 15.8. The Morgan fingerprint density at radius 1 is 1.10 bits per heavy atom. The molecule has 13 nitrogen and oxygen atoms in total. The lowest BCUT2D eigenvalue weighted by molar-refractivity contribution is -0.130. The van der Waals surface area contributed by atoms with Gasteiger partial charge < -0.3 is 30.7 Å². The molecule has 0 aromatic heterocycles. The van der Waals surface area contributed by atoms with Crippen LogP contribution in [0.2, 0.25) is 0 Å². The van der Waals surface area contributed by atoms with Crippen LogP contribution in [0.25, 0.3) is 0 Å². The molecule has 3 rings (SSSR count). The largest absolute Gasteiger partial charge is 0.447 e. The molecule has 14 heteroatoms. The minimum Gasteiger partial charge on any atom is -0.447 e. The summed E-state index contributed by atoms with van der Waals surface area (Å²) in [5.41, 5.74) is -2.36. The van der Waals surface area contributed by atoms with E-state index in [2.05, 4.69) is 16.0 Å². The summed E-state index contributed by atoms with van der Waals surface area (Å²) in [6.45, 7) is 4.67. The summed E-state index contributed by atoms with van der Waals surface area (Å²) in [7, 11) is -4.95. The first kappa shape index (κ1) is 32.1. The minimum atomic E-state index is -4.95. The molecule has 2 saturated heterocycles. The summed E-state index contributed by atoms with van der Waals surface area (Å²) < 4.78 is 38.1. The molecule has 3 aliphatic rings. The fraction of sp³-hybridized carbons (Fsp3) is 0.846. The van der Waals surface area contributed by atoms with Gasteiger partial charge in [0.05, 0.1) is 12.1 Å². The Labute approximate surface area is 235 Å². The predicted octanol–water partition coefficient (Wildman–Crippen LogP) is 0.916. The molecule has 0 spiro atoms. The molecule has 0 radical (unpaired) electrons. The van der Waals surface area contributed by atoms with Gasteiger partial charge >= 0.3 is 6.09 Å². The van der Waals surface area contributed by atoms with Gasteiger partial charge in [-0.15, -0.1) is 0 Å². The summed E-state index contributed by atoms with van der Waals surface area (Å²) in [6.07, 6.45) is 6.16. The van der Waals surface area contributed by atoms with Gasteiger partial charge in [0, 0.05) is 25.4 Å². The molecule has 0 aromatic rings. The summed E-state index contributed by atoms with van der Waals surface area (Å²) in [5.74, 6) is -1.34. The van der Waals surface area contributed by atoms with Crippen LogP contribution >= 0.6 is 0 Å². The smallest absolute Gasteiger partial charge is 0.407 e. The van der Waals surface area contributed by atoms with E-state index in [0.717, 1.165) is 25.7 Å². The van der Waals surface area contributed by atoms with Crippen molar-refractivity contribution in [3.05, 3.63) is 0 Å². The lowest BCUT2D eigenvalue weighted by Gasteiger charge is -2.31. The van der Waals surface area contributed by atoms with Crippen molar-refractivity contribution >= 4 is 33.9 Å². The number of alkyl carbamates (subject to hydrolysis) is 1. The van der Waals surface area contributed by atoms with E-state index in [4.69, 9.17) is 4.74 Å². The van der Waals surface area contributed by atoms with E-state index >= 15 is 0 Å². The van der Waals surface area contributed by atoms with E-state index in [1.807, 2.05) is 18.7 Å². The molecule has 4 amide bonds. The number of hydrogen-bond donors (Lipinski definition) is 5. The second kappa shape index (κ2) is 14.4. The molecule has 1 unspecified atom stereocenters. The third kappa shape index (κ3) is 9.30. The summed E-state index contributed by atoms with van der Waals surface area (Å²) in [4.78, 5) is 52.2. The third-order valence-corrected chi connectivity index (χ3v) is 8.97. The zero-order chi connectivity index (χ0) is 29.4. The number of likely N-dealkylation sites (tertiary alicyclic amines) is 1. The Kier molecular flexibility index (Phi) is 11.6. The van der Waals surface area contributed by atoms with Crippen molar-refractivity contribution in [3.8, 4) is 0 Å². The second-order valence-corrected chi connectivity index (χ2v) is 13.2. The number of aliphatic hydroxyl groups is 1. The monoisotopic (exact) mass is 588 g/mol. The molecular weight excluding hydrogens is 544 g/mol. The van der Waals surface area contributed by atoms with E-state index in [1.54, 1.807) is 0 Å². The highest BCUT2D eigenvalue weighted by Crippen LogP contribution is 2.28. The van der Waals surface area contributed by atoms with E-state index in [1.165, 1.54) is 6.42 Å². The zero-order valence-corrected chi connectivity index (χ0v) is 24.2. The predicted molar refractivity (Wildman–Crippen MR) is 144 cm³/mol. The molecule has 2 aliphatic heterocycles. The molecule has 1 saturated carbocycles. The maximum atomic E-state index is 13.2. The van der Waals surface area contributed by atoms with Crippen molar-refractivity contribution in [1.29, 1.82) is 0 Å². The lowest BCUT2D eigenvalue weighted by atomic mass is 9.89. The molecule has 5 N–H and O–H groups in total. The molecule has 1 aliphatic carbocycles. The van der Waals surface area contributed by atoms with Crippen molar-refractivity contribution in [2.24, 2.45) is 17.8 Å². The van der Waals surface area contributed by atoms with Crippen molar-refractivity contribution in [2.45, 2.75) is 102 Å². The molecule has 40 heavy (non-hydrogen) atoms. The van der Waals surface area contributed by atoms with Crippen molar-refractivity contribution in [3.63, 3.8) is 0 Å². The zero-order valence-electron chi connectivity index (χ0n) is 23.3. The van der Waals surface area contributed by atoms with E-state index < -0.39 is 45.6 Å². The third-order valence-electron chi connectivity index (χ3n) is 8.03. The second-order valence-electron chi connectivity index (χ2n) is 11.7. The quantitative estimate of drug-likeness (QED) is 0.195. The highest BCUT2D eigenvalue weighted by atomic mass is 32.2. The van der Waals surface area contributed by atoms with Gasteiger partial charge in [-0.3, -0.25) is 18.9 Å². The van der Waals surface area contributed by atoms with Gasteiger partial charge in [0.1, 0.15) is 12.6 Å². The van der Waals surface area contributed by atoms with Crippen LogP contribution in [0, 0.1) is 17.8 Å². The molecule has 0 aromatic carbocycles. The number of nitrogens with zero attached hydrogens (tertiary/aromatic N) is 1. The standard InChI is InChI=1S/C26H44N4O9S/c1-16(2)12-20(24(33)28-21(25(34)40(36,37)38)13-18-10-11-27-23(18)32)29-26(35)39-15-19-8-9-22(31)30(19)14-17-6-4-3-5-7-17/h16-21,25,34H,3-15H2,1-2H3,(H,27,32)(H,28,33)(H,29,35)(H,36,37,38)/t18-,19-,20-,21-,25?/m0/s1. The Bertz CT molecular complexity index is 1020. The number of hydrogen-bond acceptors (Lipinski definition) is 8. The van der Waals surface area contributed by atoms with Crippen molar-refractivity contribution in [2.75, 3.05) is 19.7 Å². The van der Waals surface area contributed by atoms with Gasteiger partial charge in [-0.2, -0.15) is 8.42 Å². The van der Waals surface area contributed by atoms with Gasteiger partial charge in [-0.05, 0) is 50.4 Å². The first-order chi connectivity index (χ1) is 18.8. The Balaban J connectivity index is 1.60. The molecule has 3 fully saturated rings. The molecular formula is C26H44N4O9S. The molecule has 228 valence electrons. The molecule has 2 heterocycles. The maximum absolute atomic E-state index is 13.2. The van der Waals surface area contributed by atoms with Crippen LogP contribution in [0.1, 0.15) is 78.1 Å². The van der Waals surface area contributed by atoms with Crippen LogP contribution in [0.15, 0.2) is 0 Å². The van der Waals surface area contributed by atoms with Gasteiger partial charge in [0.2, 0.25) is 23.2 Å². The fourth-order valence-electron chi connectivity index (χ4n) is 5.84. The average Bonchev–Trinajstić information content (AvgIpc) is 3.45. The molecule has 5 atom stereocenters. The van der Waals surface area contributed by atoms with Crippen LogP contribution in [0.4, 0.5) is 4.79 Å². The maximum Gasteiger partial charge on any atom is 0.407 e. The number of ether oxygens (including phenoxy) is 1. The summed E-state index contributed by atoms with van der Waals surface area (Å²) in [5, 5.41) is 17.8. The van der Waals surface area contributed by atoms with E-state index in [-0.39, 0.29) is 43.2 Å². The van der Waals surface area contributed by atoms with Gasteiger partial charge in [0.25, 0.3) is 10.1 Å². The van der Waals surface area contributed by atoms with Crippen LogP contribution in [0.3, 0.4) is 0 Å². The first-order valence-electron chi connectivity index (χ1n) is 14.3. The lowest BCUT2D eigenvalue weighted by Crippen LogP contribution is -2.55. The Morgan fingerprint density at radius 3 is 2.40 bits per heavy atom. The number of carbonyl (C=O) groups is 4. The highest BCUT2D eigenvalue weighted by molar-refractivity contribution is 7.86. The average molecular weight is 589 g/mol. The number of aliphatic hydroxyl groups excluding tert-OH is 1. The fourth-order valence-corrected chi connectivity index (χ4v) is 6.43. The van der Waals surface area contributed by atoms with Crippen molar-refractivity contribution in [1.82, 2.24) is 20.9 Å². The summed E-state index contributed by atoms with van der Waals surface area (Å²) >= 11 is 0. The van der Waals surface area contributed by atoms with E-state index in [0.29, 0.717) is 38.3 Å². The number of amides is 4. The van der Waals surface area contributed by atoms with Crippen LogP contribution in [-0.2, 0) is 29.2 Å². The highest BCUT2D eigenvalue weighted by Gasteiger charge is 2.38. The minimum absolute atomic E-state index is 0.0127. The van der Waals surface area contributed by atoms with Gasteiger partial charge in [0.15, 0.2) is 0 Å². The van der Waals surface area contributed by atoms with Crippen LogP contribution in [-0.4, -0.2) is 90.0 Å². The Morgan fingerprint density at radius 2 is 1.80 bits per heavy atom. The SMILES string of the molecule is CC(C)C[C@H](NC(=O)OC[C@@H]1CCC(=O)N1CC1CCCCC1)C(=O)N[C@@H](C[C@@H]1CCNC1=O)C(O)S(=O)(=O)O.